The molecule has 0 atom stereocenters. The van der Waals surface area contributed by atoms with Gasteiger partial charge in [0.25, 0.3) is 0 Å². The van der Waals surface area contributed by atoms with E-state index in [1.54, 1.807) is 11.6 Å². The summed E-state index contributed by atoms with van der Waals surface area (Å²) >= 11 is 5.89. The molecule has 0 fully saturated rings. The monoisotopic (exact) mass is 298 g/mol. The number of hydrogen-bond acceptors (Lipinski definition) is 6. The van der Waals surface area contributed by atoms with Crippen molar-refractivity contribution >= 4 is 17.6 Å². The number of aromatic nitrogens is 4. The minimum Gasteiger partial charge on any atom is -0.461 e. The molecule has 0 aliphatic rings. The molecule has 2 aromatic heterocycles. The number of hydrogen-bond donors (Lipinski definition) is 0. The van der Waals surface area contributed by atoms with Gasteiger partial charge in [0.1, 0.15) is 5.76 Å². The maximum atomic E-state index is 11.7. The molecule has 7 nitrogen and oxygen atoms in total. The lowest BCUT2D eigenvalue weighted by molar-refractivity contribution is 0.0518. The van der Waals surface area contributed by atoms with E-state index in [2.05, 4.69) is 15.5 Å². The van der Waals surface area contributed by atoms with Crippen LogP contribution in [0.25, 0.3) is 0 Å². The lowest BCUT2D eigenvalue weighted by Gasteiger charge is -2.05. The molecule has 0 aliphatic carbocycles. The van der Waals surface area contributed by atoms with Crippen LogP contribution in [0.15, 0.2) is 4.52 Å². The number of ether oxygens (including phenoxy) is 1. The third-order valence-electron chi connectivity index (χ3n) is 2.92. The van der Waals surface area contributed by atoms with Gasteiger partial charge < -0.3 is 9.26 Å². The molecule has 0 saturated carbocycles. The zero-order chi connectivity index (χ0) is 14.7. The first kappa shape index (κ1) is 14.5. The molecule has 0 aromatic carbocycles. The van der Waals surface area contributed by atoms with Crippen molar-refractivity contribution in [1.82, 2.24) is 20.2 Å². The van der Waals surface area contributed by atoms with Crippen molar-refractivity contribution in [2.75, 3.05) is 6.61 Å². The predicted octanol–water partition coefficient (Wildman–Crippen LogP) is 1.85. The van der Waals surface area contributed by atoms with Gasteiger partial charge in [0, 0.05) is 5.56 Å². The number of nitrogens with zero attached hydrogens (tertiary/aromatic N) is 4. The largest absolute Gasteiger partial charge is 0.461 e. The number of rotatable bonds is 5. The molecule has 0 N–H and O–H groups in total. The van der Waals surface area contributed by atoms with Gasteiger partial charge in [-0.3, -0.25) is 0 Å². The van der Waals surface area contributed by atoms with Gasteiger partial charge in [-0.15, -0.1) is 16.7 Å². The van der Waals surface area contributed by atoms with Gasteiger partial charge in [-0.25, -0.2) is 9.48 Å². The fourth-order valence-electron chi connectivity index (χ4n) is 1.83. The van der Waals surface area contributed by atoms with Crippen LogP contribution in [0.3, 0.4) is 0 Å². The van der Waals surface area contributed by atoms with Gasteiger partial charge in [-0.1, -0.05) is 10.4 Å². The molecule has 0 amide bonds. The Labute approximate surface area is 120 Å². The summed E-state index contributed by atoms with van der Waals surface area (Å²) < 4.78 is 11.6. The third kappa shape index (κ3) is 2.67. The van der Waals surface area contributed by atoms with Crippen molar-refractivity contribution < 1.29 is 14.1 Å². The highest BCUT2D eigenvalue weighted by Crippen LogP contribution is 2.17. The summed E-state index contributed by atoms with van der Waals surface area (Å²) in [4.78, 5) is 11.7. The Morgan fingerprint density at radius 3 is 2.75 bits per heavy atom. The van der Waals surface area contributed by atoms with Crippen LogP contribution in [0.2, 0.25) is 0 Å². The summed E-state index contributed by atoms with van der Waals surface area (Å²) in [5, 5.41) is 11.7. The van der Waals surface area contributed by atoms with E-state index in [1.807, 2.05) is 13.8 Å². The fourth-order valence-corrected chi connectivity index (χ4v) is 2.09. The molecule has 2 aromatic rings. The van der Waals surface area contributed by atoms with Crippen LogP contribution >= 0.6 is 11.6 Å². The van der Waals surface area contributed by atoms with E-state index in [4.69, 9.17) is 20.9 Å². The molecule has 0 radical (unpaired) electrons. The quantitative estimate of drug-likeness (QED) is 0.619. The third-order valence-corrected chi connectivity index (χ3v) is 3.18. The Morgan fingerprint density at radius 1 is 1.45 bits per heavy atom. The molecule has 0 aliphatic heterocycles. The molecule has 2 heterocycles. The van der Waals surface area contributed by atoms with Gasteiger partial charge in [0.05, 0.1) is 30.4 Å². The zero-order valence-corrected chi connectivity index (χ0v) is 12.3. The van der Waals surface area contributed by atoms with Gasteiger partial charge in [0.15, 0.2) is 5.69 Å². The summed E-state index contributed by atoms with van der Waals surface area (Å²) in [6.07, 6.45) is 0. The van der Waals surface area contributed by atoms with Crippen LogP contribution in [0.1, 0.15) is 40.1 Å². The molecule has 0 spiro atoms. The Kier molecular flexibility index (Phi) is 4.39. The highest BCUT2D eigenvalue weighted by molar-refractivity contribution is 6.17. The summed E-state index contributed by atoms with van der Waals surface area (Å²) in [5.41, 5.74) is 2.34. The van der Waals surface area contributed by atoms with E-state index in [0.29, 0.717) is 18.0 Å². The van der Waals surface area contributed by atoms with Gasteiger partial charge in [-0.2, -0.15) is 0 Å². The van der Waals surface area contributed by atoms with Crippen molar-refractivity contribution in [2.45, 2.75) is 33.2 Å². The zero-order valence-electron chi connectivity index (χ0n) is 11.5. The topological polar surface area (TPSA) is 83.0 Å². The Morgan fingerprint density at radius 2 is 2.20 bits per heavy atom. The number of carbonyl (C=O) groups is 1. The maximum Gasteiger partial charge on any atom is 0.360 e. The molecular formula is C12H15ClN4O3. The molecule has 0 bridgehead atoms. The van der Waals surface area contributed by atoms with Gasteiger partial charge >= 0.3 is 5.97 Å². The van der Waals surface area contributed by atoms with Crippen LogP contribution < -0.4 is 0 Å². The molecule has 20 heavy (non-hydrogen) atoms. The van der Waals surface area contributed by atoms with E-state index >= 15 is 0 Å². The first-order valence-electron chi connectivity index (χ1n) is 6.15. The Bertz CT molecular complexity index is 601. The summed E-state index contributed by atoms with van der Waals surface area (Å²) in [6, 6.07) is 0. The van der Waals surface area contributed by atoms with Crippen LogP contribution in [0.4, 0.5) is 0 Å². The second-order valence-electron chi connectivity index (χ2n) is 4.20. The lowest BCUT2D eigenvalue weighted by Crippen LogP contribution is -2.11. The highest BCUT2D eigenvalue weighted by atomic mass is 35.5. The number of esters is 1. The summed E-state index contributed by atoms with van der Waals surface area (Å²) in [5.74, 6) is 0.300. The van der Waals surface area contributed by atoms with E-state index < -0.39 is 5.97 Å². The van der Waals surface area contributed by atoms with Crippen LogP contribution in [-0.2, 0) is 17.2 Å². The standard InChI is InChI=1S/C12H15ClN4O3/c1-4-19-12(18)11-10(5-13)17(16-14-11)6-9-7(2)15-20-8(9)3/h4-6H2,1-3H3. The lowest BCUT2D eigenvalue weighted by atomic mass is 10.2. The van der Waals surface area contributed by atoms with E-state index in [1.165, 1.54) is 0 Å². The number of carbonyl (C=O) groups excluding carboxylic acids is 1. The smallest absolute Gasteiger partial charge is 0.360 e. The van der Waals surface area contributed by atoms with Crippen molar-refractivity contribution in [1.29, 1.82) is 0 Å². The van der Waals surface area contributed by atoms with Crippen molar-refractivity contribution in [3.05, 3.63) is 28.4 Å². The van der Waals surface area contributed by atoms with Gasteiger partial charge in [0.2, 0.25) is 0 Å². The molecule has 0 saturated heterocycles. The van der Waals surface area contributed by atoms with Gasteiger partial charge in [-0.05, 0) is 20.8 Å². The first-order valence-corrected chi connectivity index (χ1v) is 6.69. The molecular weight excluding hydrogens is 284 g/mol. The number of aryl methyl sites for hydroxylation is 2. The Balaban J connectivity index is 2.32. The average Bonchev–Trinajstić information content (AvgIpc) is 2.97. The van der Waals surface area contributed by atoms with E-state index in [9.17, 15) is 4.79 Å². The van der Waals surface area contributed by atoms with Crippen molar-refractivity contribution in [3.8, 4) is 0 Å². The molecule has 2 rings (SSSR count). The Hall–Kier alpha value is -1.89. The van der Waals surface area contributed by atoms with Crippen molar-refractivity contribution in [2.24, 2.45) is 0 Å². The minimum absolute atomic E-state index is 0.116. The first-order chi connectivity index (χ1) is 9.58. The second kappa shape index (κ2) is 6.04. The van der Waals surface area contributed by atoms with Crippen LogP contribution in [0, 0.1) is 13.8 Å². The highest BCUT2D eigenvalue weighted by Gasteiger charge is 2.21. The number of halogens is 1. The second-order valence-corrected chi connectivity index (χ2v) is 4.47. The molecule has 8 heteroatoms. The predicted molar refractivity (Wildman–Crippen MR) is 70.6 cm³/mol. The van der Waals surface area contributed by atoms with Crippen LogP contribution in [-0.4, -0.2) is 32.7 Å². The summed E-state index contributed by atoms with van der Waals surface area (Å²) in [6.45, 7) is 6.06. The van der Waals surface area contributed by atoms with E-state index in [0.717, 1.165) is 11.3 Å². The van der Waals surface area contributed by atoms with Crippen molar-refractivity contribution in [3.63, 3.8) is 0 Å². The van der Waals surface area contributed by atoms with Crippen LogP contribution in [0.5, 0.6) is 0 Å². The van der Waals surface area contributed by atoms with E-state index in [-0.39, 0.29) is 18.2 Å². The minimum atomic E-state index is -0.520. The fraction of sp³-hybridized carbons (Fsp3) is 0.500. The maximum absolute atomic E-state index is 11.7. The average molecular weight is 299 g/mol. The molecule has 0 unspecified atom stereocenters. The SMILES string of the molecule is CCOC(=O)c1nnn(Cc2c(C)noc2C)c1CCl. The molecule has 108 valence electrons. The summed E-state index contributed by atoms with van der Waals surface area (Å²) in [7, 11) is 0. The normalized spacial score (nSPS) is 10.8. The number of alkyl halides is 1.